The molecular formula is C27H32ClN3O8. The van der Waals surface area contributed by atoms with Gasteiger partial charge in [-0.1, -0.05) is 24.6 Å². The fraction of sp³-hybridized carbons (Fsp3) is 0.370. The van der Waals surface area contributed by atoms with E-state index in [9.17, 15) is 24.3 Å². The van der Waals surface area contributed by atoms with E-state index in [1.807, 2.05) is 6.92 Å². The van der Waals surface area contributed by atoms with Crippen molar-refractivity contribution < 1.29 is 38.9 Å². The summed E-state index contributed by atoms with van der Waals surface area (Å²) in [6.45, 7) is 2.68. The second kappa shape index (κ2) is 14.1. The Balaban J connectivity index is 0.00000124. The molecule has 0 saturated carbocycles. The number of nitrogen functional groups attached to an aromatic ring is 1. The van der Waals surface area contributed by atoms with Crippen molar-refractivity contribution in [1.82, 2.24) is 10.2 Å². The molecule has 0 bridgehead atoms. The minimum Gasteiger partial charge on any atom is -0.496 e. The second-order valence-corrected chi connectivity index (χ2v) is 9.40. The van der Waals surface area contributed by atoms with E-state index in [0.717, 1.165) is 11.8 Å². The van der Waals surface area contributed by atoms with Crippen LogP contribution in [0.3, 0.4) is 0 Å². The largest absolute Gasteiger partial charge is 0.496 e. The van der Waals surface area contributed by atoms with Crippen molar-refractivity contribution in [2.75, 3.05) is 25.9 Å². The highest BCUT2D eigenvalue weighted by Crippen LogP contribution is 2.29. The number of nitrogens with zero attached hydrogens (tertiary/aromatic N) is 1. The zero-order chi connectivity index (χ0) is 29.3. The minimum atomic E-state index is -1.14. The Labute approximate surface area is 230 Å². The number of aromatic carboxylic acids is 1. The van der Waals surface area contributed by atoms with Gasteiger partial charge in [0.1, 0.15) is 12.3 Å². The van der Waals surface area contributed by atoms with Gasteiger partial charge < -0.3 is 26.0 Å². The van der Waals surface area contributed by atoms with Crippen LogP contribution in [-0.2, 0) is 25.6 Å². The normalized spacial score (nSPS) is 15.8. The second-order valence-electron chi connectivity index (χ2n) is 8.96. The molecule has 2 aromatic carbocycles. The summed E-state index contributed by atoms with van der Waals surface area (Å²) >= 11 is 6.12. The minimum absolute atomic E-state index is 0.0198. The van der Waals surface area contributed by atoms with Crippen LogP contribution in [0.15, 0.2) is 36.4 Å². The number of nitrogens with two attached hydrogens (primary N) is 1. The summed E-state index contributed by atoms with van der Waals surface area (Å²) in [6, 6.07) is 9.64. The van der Waals surface area contributed by atoms with Gasteiger partial charge in [-0.2, -0.15) is 0 Å². The molecule has 0 aromatic heterocycles. The number of anilines is 1. The summed E-state index contributed by atoms with van der Waals surface area (Å²) in [4.78, 5) is 60.2. The third-order valence-corrected chi connectivity index (χ3v) is 6.40. The number of ether oxygens (including phenoxy) is 1. The fourth-order valence-electron chi connectivity index (χ4n) is 4.21. The zero-order valence-electron chi connectivity index (χ0n) is 21.9. The first-order chi connectivity index (χ1) is 18.4. The standard InChI is InChI=1S/C25H28ClN3O6.C2H4O2/c1-3-14(15-4-6-19(25(33)34)20(27)10-15)11-23(31)29-13-22(30)28-12-17(24(29)32)8-16-9-18(26)5-7-21(16)35-2;1-2(3)4/h4-7,9-10,14,17H,3,8,11-13,27H2,1-2H3,(H,28,30)(H,33,34);1H3,(H,3,4)/t14-,17?;/m0./s1. The summed E-state index contributed by atoms with van der Waals surface area (Å²) in [6.07, 6.45) is 0.751. The maximum absolute atomic E-state index is 13.4. The number of methoxy groups -OCH3 is 1. The third kappa shape index (κ3) is 8.71. The van der Waals surface area contributed by atoms with Crippen LogP contribution in [-0.4, -0.2) is 65.0 Å². The van der Waals surface area contributed by atoms with Crippen LogP contribution in [0.25, 0.3) is 0 Å². The van der Waals surface area contributed by atoms with Gasteiger partial charge in [-0.3, -0.25) is 24.1 Å². The quantitative estimate of drug-likeness (QED) is 0.353. The molecule has 39 heavy (non-hydrogen) atoms. The van der Waals surface area contributed by atoms with Crippen LogP contribution in [0.4, 0.5) is 5.69 Å². The van der Waals surface area contributed by atoms with Crippen LogP contribution < -0.4 is 15.8 Å². The van der Waals surface area contributed by atoms with Crippen LogP contribution in [0.2, 0.25) is 5.02 Å². The van der Waals surface area contributed by atoms with Crippen molar-refractivity contribution in [1.29, 1.82) is 0 Å². The Morgan fingerprint density at radius 1 is 1.18 bits per heavy atom. The molecule has 2 atom stereocenters. The lowest BCUT2D eigenvalue weighted by atomic mass is 9.91. The van der Waals surface area contributed by atoms with Crippen LogP contribution in [0.1, 0.15) is 54.1 Å². The summed E-state index contributed by atoms with van der Waals surface area (Å²) in [7, 11) is 1.51. The molecule has 1 heterocycles. The Hall–Kier alpha value is -4.12. The number of nitrogens with one attached hydrogen (secondary N) is 1. The topological polar surface area (TPSA) is 176 Å². The maximum Gasteiger partial charge on any atom is 0.337 e. The molecule has 3 amide bonds. The molecule has 1 saturated heterocycles. The monoisotopic (exact) mass is 561 g/mol. The maximum atomic E-state index is 13.4. The number of aliphatic carboxylic acids is 1. The number of imide groups is 1. The summed E-state index contributed by atoms with van der Waals surface area (Å²) in [5.41, 5.74) is 7.34. The van der Waals surface area contributed by atoms with E-state index in [4.69, 9.17) is 32.0 Å². The molecule has 1 fully saturated rings. The first-order valence-corrected chi connectivity index (χ1v) is 12.5. The van der Waals surface area contributed by atoms with Gasteiger partial charge in [-0.05, 0) is 60.2 Å². The number of benzene rings is 2. The molecule has 1 unspecified atom stereocenters. The predicted molar refractivity (Wildman–Crippen MR) is 144 cm³/mol. The number of rotatable bonds is 8. The van der Waals surface area contributed by atoms with Crippen LogP contribution >= 0.6 is 11.6 Å². The smallest absolute Gasteiger partial charge is 0.337 e. The summed E-state index contributed by atoms with van der Waals surface area (Å²) < 4.78 is 5.37. The van der Waals surface area contributed by atoms with Crippen LogP contribution in [0, 0.1) is 5.92 Å². The first-order valence-electron chi connectivity index (χ1n) is 12.1. The Morgan fingerprint density at radius 2 is 1.85 bits per heavy atom. The van der Waals surface area contributed by atoms with E-state index in [2.05, 4.69) is 5.32 Å². The van der Waals surface area contributed by atoms with E-state index < -0.39 is 35.6 Å². The first kappa shape index (κ1) is 31.1. The Kier molecular flexibility index (Phi) is 11.3. The number of hydrogen-bond donors (Lipinski definition) is 4. The molecular weight excluding hydrogens is 530 g/mol. The van der Waals surface area contributed by atoms with Gasteiger partial charge in [-0.25, -0.2) is 4.79 Å². The number of amides is 3. The number of halogens is 1. The molecule has 210 valence electrons. The molecule has 2 aromatic rings. The van der Waals surface area contributed by atoms with Crippen molar-refractivity contribution in [3.63, 3.8) is 0 Å². The third-order valence-electron chi connectivity index (χ3n) is 6.16. The van der Waals surface area contributed by atoms with E-state index >= 15 is 0 Å². The van der Waals surface area contributed by atoms with Crippen LogP contribution in [0.5, 0.6) is 5.75 Å². The van der Waals surface area contributed by atoms with E-state index in [-0.39, 0.29) is 43.1 Å². The number of carboxylic acid groups (broad SMARTS) is 2. The van der Waals surface area contributed by atoms with Gasteiger partial charge in [-0.15, -0.1) is 0 Å². The Morgan fingerprint density at radius 3 is 2.41 bits per heavy atom. The lowest BCUT2D eigenvalue weighted by molar-refractivity contribution is -0.148. The lowest BCUT2D eigenvalue weighted by Gasteiger charge is -2.24. The van der Waals surface area contributed by atoms with Crippen molar-refractivity contribution in [2.24, 2.45) is 5.92 Å². The van der Waals surface area contributed by atoms with Crippen molar-refractivity contribution in [3.05, 3.63) is 58.1 Å². The van der Waals surface area contributed by atoms with Crippen molar-refractivity contribution in [3.8, 4) is 5.75 Å². The van der Waals surface area contributed by atoms with Gasteiger partial charge >= 0.3 is 5.97 Å². The molecule has 12 heteroatoms. The molecule has 1 aliphatic heterocycles. The average Bonchev–Trinajstić information content (AvgIpc) is 3.00. The lowest BCUT2D eigenvalue weighted by Crippen LogP contribution is -2.43. The Bertz CT molecular complexity index is 1250. The van der Waals surface area contributed by atoms with E-state index in [1.165, 1.54) is 19.2 Å². The van der Waals surface area contributed by atoms with Gasteiger partial charge in [0.15, 0.2) is 0 Å². The fourth-order valence-corrected chi connectivity index (χ4v) is 4.41. The molecule has 5 N–H and O–H groups in total. The zero-order valence-corrected chi connectivity index (χ0v) is 22.7. The van der Waals surface area contributed by atoms with Crippen molar-refractivity contribution in [2.45, 2.75) is 39.0 Å². The van der Waals surface area contributed by atoms with Gasteiger partial charge in [0.25, 0.3) is 5.97 Å². The van der Waals surface area contributed by atoms with Gasteiger partial charge in [0.2, 0.25) is 17.7 Å². The SMILES string of the molecule is CC(=O)O.CC[C@@H](CC(=O)N1CC(=O)NCC(Cc2cc(Cl)ccc2OC)C1=O)c1ccc(C(=O)O)c(N)c1. The number of carboxylic acids is 2. The van der Waals surface area contributed by atoms with Gasteiger partial charge in [0.05, 0.1) is 18.6 Å². The molecule has 3 rings (SSSR count). The van der Waals surface area contributed by atoms with Gasteiger partial charge in [0, 0.05) is 30.6 Å². The van der Waals surface area contributed by atoms with E-state index in [0.29, 0.717) is 28.3 Å². The van der Waals surface area contributed by atoms with Crippen molar-refractivity contribution >= 4 is 46.9 Å². The van der Waals surface area contributed by atoms with E-state index in [1.54, 1.807) is 24.3 Å². The molecule has 0 radical (unpaired) electrons. The predicted octanol–water partition coefficient (Wildman–Crippen LogP) is 2.95. The summed E-state index contributed by atoms with van der Waals surface area (Å²) in [5, 5.41) is 19.8. The number of carbonyl (C=O) groups is 5. The molecule has 11 nitrogen and oxygen atoms in total. The average molecular weight is 562 g/mol. The highest BCUT2D eigenvalue weighted by atomic mass is 35.5. The number of hydrogen-bond acceptors (Lipinski definition) is 7. The number of carbonyl (C=O) groups excluding carboxylic acids is 3. The molecule has 0 aliphatic carbocycles. The highest BCUT2D eigenvalue weighted by molar-refractivity contribution is 6.30. The summed E-state index contributed by atoms with van der Waals surface area (Å²) in [5.74, 6) is -3.75. The molecule has 0 spiro atoms. The highest BCUT2D eigenvalue weighted by Gasteiger charge is 2.35. The molecule has 1 aliphatic rings.